The maximum Gasteiger partial charge on any atom is 0.159 e. The van der Waals surface area contributed by atoms with Crippen molar-refractivity contribution in [3.05, 3.63) is 53.1 Å². The number of ether oxygens (including phenoxy) is 1. The number of hydrogen-bond donors (Lipinski definition) is 1. The normalized spacial score (nSPS) is 19.9. The standard InChI is InChI=1S/C15H17F2N3O/c1-10-7-18-15(19-10)14-9-20(4-5-21-14)8-11-2-3-12(16)13(17)6-11/h2-3,6-7,14H,4-5,8-9H2,1H3,(H,18,19)/t14-/m1/s1. The van der Waals surface area contributed by atoms with Gasteiger partial charge < -0.3 is 9.72 Å². The number of H-pyrrole nitrogens is 1. The summed E-state index contributed by atoms with van der Waals surface area (Å²) < 4.78 is 31.9. The number of aromatic nitrogens is 2. The van der Waals surface area contributed by atoms with Gasteiger partial charge in [-0.1, -0.05) is 6.07 Å². The smallest absolute Gasteiger partial charge is 0.159 e. The van der Waals surface area contributed by atoms with E-state index in [4.69, 9.17) is 4.74 Å². The Morgan fingerprint density at radius 2 is 2.24 bits per heavy atom. The minimum atomic E-state index is -0.815. The Kier molecular flexibility index (Phi) is 3.98. The van der Waals surface area contributed by atoms with Gasteiger partial charge in [0, 0.05) is 31.5 Å². The highest BCUT2D eigenvalue weighted by Gasteiger charge is 2.24. The maximum atomic E-state index is 13.2. The first-order valence-corrected chi connectivity index (χ1v) is 6.91. The maximum absolute atomic E-state index is 13.2. The van der Waals surface area contributed by atoms with Crippen molar-refractivity contribution in [3.8, 4) is 0 Å². The van der Waals surface area contributed by atoms with Gasteiger partial charge in [-0.3, -0.25) is 4.90 Å². The summed E-state index contributed by atoms with van der Waals surface area (Å²) in [6.45, 7) is 4.53. The fourth-order valence-corrected chi connectivity index (χ4v) is 2.50. The molecule has 1 aliphatic rings. The summed E-state index contributed by atoms with van der Waals surface area (Å²) in [5, 5.41) is 0. The second-order valence-electron chi connectivity index (χ2n) is 5.29. The highest BCUT2D eigenvalue weighted by Crippen LogP contribution is 2.21. The zero-order valence-electron chi connectivity index (χ0n) is 11.8. The summed E-state index contributed by atoms with van der Waals surface area (Å²) in [6, 6.07) is 4.02. The Balaban J connectivity index is 1.67. The molecule has 2 aromatic rings. The number of imidazole rings is 1. The molecule has 0 spiro atoms. The summed E-state index contributed by atoms with van der Waals surface area (Å²) in [4.78, 5) is 9.62. The number of benzene rings is 1. The van der Waals surface area contributed by atoms with Crippen LogP contribution in [-0.2, 0) is 11.3 Å². The quantitative estimate of drug-likeness (QED) is 0.945. The van der Waals surface area contributed by atoms with Gasteiger partial charge in [-0.2, -0.15) is 0 Å². The molecule has 112 valence electrons. The zero-order valence-corrected chi connectivity index (χ0v) is 11.8. The minimum Gasteiger partial charge on any atom is -0.368 e. The first-order chi connectivity index (χ1) is 10.1. The van der Waals surface area contributed by atoms with Gasteiger partial charge >= 0.3 is 0 Å². The van der Waals surface area contributed by atoms with Crippen LogP contribution in [0.3, 0.4) is 0 Å². The Labute approximate surface area is 121 Å². The largest absolute Gasteiger partial charge is 0.368 e. The lowest BCUT2D eigenvalue weighted by atomic mass is 10.1. The van der Waals surface area contributed by atoms with E-state index < -0.39 is 11.6 Å². The fraction of sp³-hybridized carbons (Fsp3) is 0.400. The molecule has 1 aliphatic heterocycles. The van der Waals surface area contributed by atoms with Gasteiger partial charge in [0.05, 0.1) is 6.61 Å². The lowest BCUT2D eigenvalue weighted by molar-refractivity contribution is -0.0369. The van der Waals surface area contributed by atoms with E-state index in [0.29, 0.717) is 19.7 Å². The molecule has 0 saturated carbocycles. The van der Waals surface area contributed by atoms with Crippen molar-refractivity contribution in [3.63, 3.8) is 0 Å². The van der Waals surface area contributed by atoms with Crippen molar-refractivity contribution in [1.82, 2.24) is 14.9 Å². The second-order valence-corrected chi connectivity index (χ2v) is 5.29. The molecule has 0 radical (unpaired) electrons. The monoisotopic (exact) mass is 293 g/mol. The third-order valence-corrected chi connectivity index (χ3v) is 3.57. The van der Waals surface area contributed by atoms with E-state index in [1.807, 2.05) is 6.92 Å². The second kappa shape index (κ2) is 5.91. The van der Waals surface area contributed by atoms with Gasteiger partial charge in [0.1, 0.15) is 11.9 Å². The fourth-order valence-electron chi connectivity index (χ4n) is 2.50. The number of rotatable bonds is 3. The molecule has 0 amide bonds. The van der Waals surface area contributed by atoms with Crippen LogP contribution in [0.15, 0.2) is 24.4 Å². The van der Waals surface area contributed by atoms with E-state index in [1.54, 1.807) is 12.3 Å². The van der Waals surface area contributed by atoms with Gasteiger partial charge in [-0.05, 0) is 24.6 Å². The van der Waals surface area contributed by atoms with E-state index in [0.717, 1.165) is 23.6 Å². The zero-order chi connectivity index (χ0) is 14.8. The van der Waals surface area contributed by atoms with Crippen molar-refractivity contribution >= 4 is 0 Å². The molecule has 1 aromatic heterocycles. The molecule has 1 atom stereocenters. The number of nitrogens with zero attached hydrogens (tertiary/aromatic N) is 2. The highest BCUT2D eigenvalue weighted by molar-refractivity contribution is 5.18. The van der Waals surface area contributed by atoms with E-state index in [2.05, 4.69) is 14.9 Å². The van der Waals surface area contributed by atoms with Crippen LogP contribution in [-0.4, -0.2) is 34.6 Å². The number of hydrogen-bond acceptors (Lipinski definition) is 3. The minimum absolute atomic E-state index is 0.113. The van der Waals surface area contributed by atoms with Crippen molar-refractivity contribution in [1.29, 1.82) is 0 Å². The van der Waals surface area contributed by atoms with Crippen molar-refractivity contribution in [2.24, 2.45) is 0 Å². The van der Waals surface area contributed by atoms with Crippen molar-refractivity contribution < 1.29 is 13.5 Å². The molecule has 0 unspecified atom stereocenters. The van der Waals surface area contributed by atoms with Crippen LogP contribution < -0.4 is 0 Å². The first-order valence-electron chi connectivity index (χ1n) is 6.91. The Morgan fingerprint density at radius 1 is 1.38 bits per heavy atom. The highest BCUT2D eigenvalue weighted by atomic mass is 19.2. The Bertz CT molecular complexity index is 629. The Hall–Kier alpha value is -1.79. The van der Waals surface area contributed by atoms with Gasteiger partial charge in [0.2, 0.25) is 0 Å². The third-order valence-electron chi connectivity index (χ3n) is 3.57. The van der Waals surface area contributed by atoms with Gasteiger partial charge in [0.25, 0.3) is 0 Å². The van der Waals surface area contributed by atoms with Crippen LogP contribution in [0.5, 0.6) is 0 Å². The SMILES string of the molecule is Cc1cnc([C@H]2CN(Cc3ccc(F)c(F)c3)CCO2)[nH]1. The van der Waals surface area contributed by atoms with E-state index >= 15 is 0 Å². The van der Waals surface area contributed by atoms with Gasteiger partial charge in [-0.15, -0.1) is 0 Å². The average Bonchev–Trinajstić information content (AvgIpc) is 2.90. The molecular formula is C15H17F2N3O. The van der Waals surface area contributed by atoms with Crippen LogP contribution in [0, 0.1) is 18.6 Å². The molecule has 1 aromatic carbocycles. The van der Waals surface area contributed by atoms with Crippen LogP contribution in [0.1, 0.15) is 23.2 Å². The third kappa shape index (κ3) is 3.28. The topological polar surface area (TPSA) is 41.2 Å². The number of aryl methyl sites for hydroxylation is 1. The number of nitrogens with one attached hydrogen (secondary N) is 1. The van der Waals surface area contributed by atoms with Gasteiger partial charge in [-0.25, -0.2) is 13.8 Å². The average molecular weight is 293 g/mol. The molecule has 21 heavy (non-hydrogen) atoms. The predicted octanol–water partition coefficient (Wildman–Crippen LogP) is 2.57. The van der Waals surface area contributed by atoms with Crippen molar-refractivity contribution in [2.75, 3.05) is 19.7 Å². The molecule has 0 aliphatic carbocycles. The molecule has 6 heteroatoms. The van der Waals surface area contributed by atoms with Crippen molar-refractivity contribution in [2.45, 2.75) is 19.6 Å². The van der Waals surface area contributed by atoms with Crippen LogP contribution in [0.25, 0.3) is 0 Å². The number of aromatic amines is 1. The summed E-state index contributed by atoms with van der Waals surface area (Å²) in [7, 11) is 0. The lowest BCUT2D eigenvalue weighted by Crippen LogP contribution is -2.38. The molecule has 1 N–H and O–H groups in total. The molecule has 0 bridgehead atoms. The molecule has 4 nitrogen and oxygen atoms in total. The summed E-state index contributed by atoms with van der Waals surface area (Å²) in [6.07, 6.45) is 1.66. The molecular weight excluding hydrogens is 276 g/mol. The lowest BCUT2D eigenvalue weighted by Gasteiger charge is -2.32. The van der Waals surface area contributed by atoms with Gasteiger partial charge in [0.15, 0.2) is 11.6 Å². The number of morpholine rings is 1. The Morgan fingerprint density at radius 3 is 2.95 bits per heavy atom. The number of halogens is 2. The van der Waals surface area contributed by atoms with Crippen LogP contribution in [0.2, 0.25) is 0 Å². The predicted molar refractivity (Wildman–Crippen MR) is 73.7 cm³/mol. The van der Waals surface area contributed by atoms with E-state index in [9.17, 15) is 8.78 Å². The summed E-state index contributed by atoms with van der Waals surface area (Å²) in [5.41, 5.74) is 1.75. The molecule has 3 rings (SSSR count). The molecule has 2 heterocycles. The summed E-state index contributed by atoms with van der Waals surface area (Å²) >= 11 is 0. The first kappa shape index (κ1) is 14.2. The molecule has 1 fully saturated rings. The van der Waals surface area contributed by atoms with E-state index in [1.165, 1.54) is 12.1 Å². The summed E-state index contributed by atoms with van der Waals surface area (Å²) in [5.74, 6) is -0.814. The van der Waals surface area contributed by atoms with Crippen LogP contribution >= 0.6 is 0 Å². The molecule has 1 saturated heterocycles. The van der Waals surface area contributed by atoms with Crippen LogP contribution in [0.4, 0.5) is 8.78 Å². The van der Waals surface area contributed by atoms with E-state index in [-0.39, 0.29) is 6.10 Å².